The molecule has 0 aromatic heterocycles. The quantitative estimate of drug-likeness (QED) is 0.769. The molecule has 106 valence electrons. The molecule has 0 saturated carbocycles. The Morgan fingerprint density at radius 2 is 1.10 bits per heavy atom. The summed E-state index contributed by atoms with van der Waals surface area (Å²) in [5, 5.41) is 0. The lowest BCUT2D eigenvalue weighted by molar-refractivity contribution is 0.245. The molecule has 1 aromatic carbocycles. The van der Waals surface area contributed by atoms with Crippen LogP contribution in [0.3, 0.4) is 0 Å². The molecule has 2 saturated heterocycles. The van der Waals surface area contributed by atoms with Crippen LogP contribution in [0.2, 0.25) is 0 Å². The molecule has 20 heavy (non-hydrogen) atoms. The molecule has 4 aliphatic rings. The van der Waals surface area contributed by atoms with E-state index in [1.54, 1.807) is 0 Å². The molecule has 0 N–H and O–H groups in total. The van der Waals surface area contributed by atoms with E-state index in [2.05, 4.69) is 21.9 Å². The molecule has 1 aromatic rings. The van der Waals surface area contributed by atoms with Crippen molar-refractivity contribution in [3.63, 3.8) is 0 Å². The Hall–Kier alpha value is -0.940. The third-order valence-corrected chi connectivity index (χ3v) is 4.83. The van der Waals surface area contributed by atoms with Gasteiger partial charge in [0.2, 0.25) is 0 Å². The Balaban J connectivity index is 1.31. The number of fused-ring (bicyclic) bond motifs is 2. The minimum absolute atomic E-state index is 0.505. The molecule has 0 spiro atoms. The SMILES string of the molecule is c1c2c(cc3c1CN(CC1CO1)C3)CN(CC1CO1)C2. The molecule has 4 heteroatoms. The molecule has 4 nitrogen and oxygen atoms in total. The van der Waals surface area contributed by atoms with E-state index in [1.807, 2.05) is 0 Å². The van der Waals surface area contributed by atoms with E-state index in [4.69, 9.17) is 9.47 Å². The number of ether oxygens (including phenoxy) is 2. The van der Waals surface area contributed by atoms with Gasteiger partial charge in [-0.25, -0.2) is 0 Å². The average molecular weight is 272 g/mol. The zero-order valence-corrected chi connectivity index (χ0v) is 11.7. The molecule has 2 unspecified atom stereocenters. The van der Waals surface area contributed by atoms with Crippen LogP contribution >= 0.6 is 0 Å². The molecular formula is C16H20N2O2. The zero-order valence-electron chi connectivity index (χ0n) is 11.7. The Morgan fingerprint density at radius 3 is 1.40 bits per heavy atom. The highest BCUT2D eigenvalue weighted by Crippen LogP contribution is 2.32. The first-order valence-electron chi connectivity index (χ1n) is 7.65. The topological polar surface area (TPSA) is 31.5 Å². The zero-order chi connectivity index (χ0) is 13.1. The van der Waals surface area contributed by atoms with Crippen LogP contribution in [-0.4, -0.2) is 48.3 Å². The van der Waals surface area contributed by atoms with E-state index >= 15 is 0 Å². The van der Waals surface area contributed by atoms with Gasteiger partial charge in [0.1, 0.15) is 0 Å². The number of epoxide rings is 2. The summed E-state index contributed by atoms with van der Waals surface area (Å²) in [5.74, 6) is 0. The number of hydrogen-bond acceptors (Lipinski definition) is 4. The highest BCUT2D eigenvalue weighted by molar-refractivity contribution is 5.42. The molecule has 4 heterocycles. The fourth-order valence-electron chi connectivity index (χ4n) is 3.64. The van der Waals surface area contributed by atoms with Gasteiger partial charge < -0.3 is 9.47 Å². The summed E-state index contributed by atoms with van der Waals surface area (Å²) in [5.41, 5.74) is 6.14. The third kappa shape index (κ3) is 2.17. The van der Waals surface area contributed by atoms with Crippen molar-refractivity contribution in [2.75, 3.05) is 26.3 Å². The molecule has 4 aliphatic heterocycles. The smallest absolute Gasteiger partial charge is 0.0936 e. The fraction of sp³-hybridized carbons (Fsp3) is 0.625. The maximum absolute atomic E-state index is 5.35. The Kier molecular flexibility index (Phi) is 2.50. The van der Waals surface area contributed by atoms with Crippen molar-refractivity contribution in [3.05, 3.63) is 34.4 Å². The predicted octanol–water partition coefficient (Wildman–Crippen LogP) is 1.12. The van der Waals surface area contributed by atoms with Crippen molar-refractivity contribution < 1.29 is 9.47 Å². The second-order valence-corrected chi connectivity index (χ2v) is 6.64. The molecule has 0 bridgehead atoms. The van der Waals surface area contributed by atoms with E-state index in [9.17, 15) is 0 Å². The van der Waals surface area contributed by atoms with Crippen molar-refractivity contribution >= 4 is 0 Å². The van der Waals surface area contributed by atoms with E-state index in [1.165, 1.54) is 22.3 Å². The lowest BCUT2D eigenvalue weighted by Crippen LogP contribution is -2.22. The average Bonchev–Trinajstić information content (AvgIpc) is 3.30. The number of hydrogen-bond donors (Lipinski definition) is 0. The van der Waals surface area contributed by atoms with Crippen LogP contribution < -0.4 is 0 Å². The molecule has 0 aliphatic carbocycles. The first-order valence-corrected chi connectivity index (χ1v) is 7.65. The standard InChI is InChI=1S/C16H20N2O2/c1-11-3-17(7-15-9-19-15)5-13(11)2-14-6-18(4-12(1)14)8-16-10-20-16/h1-2,15-16H,3-10H2. The lowest BCUT2D eigenvalue weighted by Gasteiger charge is -2.13. The van der Waals surface area contributed by atoms with Crippen LogP contribution in [0.5, 0.6) is 0 Å². The lowest BCUT2D eigenvalue weighted by atomic mass is 10.0. The minimum atomic E-state index is 0.505. The molecule has 2 atom stereocenters. The van der Waals surface area contributed by atoms with E-state index in [0.29, 0.717) is 12.2 Å². The van der Waals surface area contributed by atoms with Gasteiger partial charge in [-0.3, -0.25) is 9.80 Å². The van der Waals surface area contributed by atoms with Crippen LogP contribution in [0.15, 0.2) is 12.1 Å². The first kappa shape index (κ1) is 11.7. The van der Waals surface area contributed by atoms with Gasteiger partial charge >= 0.3 is 0 Å². The van der Waals surface area contributed by atoms with Crippen molar-refractivity contribution in [2.45, 2.75) is 38.4 Å². The molecule has 2 fully saturated rings. The highest BCUT2D eigenvalue weighted by Gasteiger charge is 2.32. The Morgan fingerprint density at radius 1 is 0.750 bits per heavy atom. The van der Waals surface area contributed by atoms with Crippen molar-refractivity contribution in [3.8, 4) is 0 Å². The summed E-state index contributed by atoms with van der Waals surface area (Å²) in [6.07, 6.45) is 1.01. The van der Waals surface area contributed by atoms with E-state index < -0.39 is 0 Å². The van der Waals surface area contributed by atoms with Crippen molar-refractivity contribution in [1.82, 2.24) is 9.80 Å². The van der Waals surface area contributed by atoms with Crippen LogP contribution in [0.25, 0.3) is 0 Å². The molecule has 0 radical (unpaired) electrons. The predicted molar refractivity (Wildman–Crippen MR) is 74.2 cm³/mol. The minimum Gasteiger partial charge on any atom is -0.372 e. The number of benzene rings is 1. The van der Waals surface area contributed by atoms with Gasteiger partial charge in [-0.2, -0.15) is 0 Å². The van der Waals surface area contributed by atoms with Gasteiger partial charge in [-0.15, -0.1) is 0 Å². The van der Waals surface area contributed by atoms with Gasteiger partial charge in [-0.1, -0.05) is 12.1 Å². The number of nitrogens with zero attached hydrogens (tertiary/aromatic N) is 2. The molecular weight excluding hydrogens is 252 g/mol. The summed E-state index contributed by atoms with van der Waals surface area (Å²) in [7, 11) is 0. The van der Waals surface area contributed by atoms with Gasteiger partial charge in [0, 0.05) is 39.3 Å². The summed E-state index contributed by atoms with van der Waals surface area (Å²) >= 11 is 0. The number of rotatable bonds is 4. The summed E-state index contributed by atoms with van der Waals surface area (Å²) in [6.45, 7) is 8.54. The maximum Gasteiger partial charge on any atom is 0.0936 e. The largest absolute Gasteiger partial charge is 0.372 e. The van der Waals surface area contributed by atoms with E-state index in [0.717, 1.165) is 52.5 Å². The summed E-state index contributed by atoms with van der Waals surface area (Å²) in [6, 6.07) is 4.90. The van der Waals surface area contributed by atoms with Crippen LogP contribution in [0, 0.1) is 0 Å². The summed E-state index contributed by atoms with van der Waals surface area (Å²) in [4.78, 5) is 5.04. The first-order chi connectivity index (χ1) is 9.83. The second-order valence-electron chi connectivity index (χ2n) is 6.64. The van der Waals surface area contributed by atoms with Gasteiger partial charge in [0.15, 0.2) is 0 Å². The maximum atomic E-state index is 5.35. The molecule has 0 amide bonds. The van der Waals surface area contributed by atoms with Gasteiger partial charge in [-0.05, 0) is 22.3 Å². The fourth-order valence-corrected chi connectivity index (χ4v) is 3.64. The highest BCUT2D eigenvalue weighted by atomic mass is 16.6. The van der Waals surface area contributed by atoms with Crippen LogP contribution in [0.4, 0.5) is 0 Å². The summed E-state index contributed by atoms with van der Waals surface area (Å²) < 4.78 is 10.7. The van der Waals surface area contributed by atoms with Crippen LogP contribution in [-0.2, 0) is 35.7 Å². The monoisotopic (exact) mass is 272 g/mol. The third-order valence-electron chi connectivity index (χ3n) is 4.83. The Bertz CT molecular complexity index is 471. The van der Waals surface area contributed by atoms with Crippen molar-refractivity contribution in [1.29, 1.82) is 0 Å². The normalized spacial score (nSPS) is 31.4. The van der Waals surface area contributed by atoms with Crippen molar-refractivity contribution in [2.24, 2.45) is 0 Å². The van der Waals surface area contributed by atoms with Gasteiger partial charge in [0.05, 0.1) is 25.4 Å². The Labute approximate surface area is 119 Å². The van der Waals surface area contributed by atoms with Gasteiger partial charge in [0.25, 0.3) is 0 Å². The second kappa shape index (κ2) is 4.28. The molecule has 5 rings (SSSR count). The van der Waals surface area contributed by atoms with E-state index in [-0.39, 0.29) is 0 Å². The van der Waals surface area contributed by atoms with Crippen LogP contribution in [0.1, 0.15) is 22.3 Å².